The summed E-state index contributed by atoms with van der Waals surface area (Å²) < 4.78 is 20.8. The molecule has 0 rings (SSSR count). The fraction of sp³-hybridized carbons (Fsp3) is 0.556. The van der Waals surface area contributed by atoms with Crippen LogP contribution in [0.1, 0.15) is 27.7 Å². The molecule has 0 aliphatic carbocycles. The number of carbonyl (C=O) groups excluding carboxylic acids is 2. The normalized spacial score (nSPS) is 13.3. The van der Waals surface area contributed by atoms with Gasteiger partial charge in [0, 0.05) is 12.2 Å². The van der Waals surface area contributed by atoms with Crippen LogP contribution in [0, 0.1) is 0 Å². The van der Waals surface area contributed by atoms with Crippen LogP contribution in [0.3, 0.4) is 0 Å². The Balaban J connectivity index is 0. The summed E-state index contributed by atoms with van der Waals surface area (Å²) in [5.41, 5.74) is 0. The van der Waals surface area contributed by atoms with Gasteiger partial charge in [-0.1, -0.05) is 19.2 Å². The minimum absolute atomic E-state index is 0.158. The third kappa shape index (κ3) is 16.5. The van der Waals surface area contributed by atoms with Crippen molar-refractivity contribution in [2.24, 2.45) is 0 Å². The molecule has 0 heterocycles. The van der Waals surface area contributed by atoms with Crippen LogP contribution < -0.4 is 0 Å². The van der Waals surface area contributed by atoms with Gasteiger partial charge in [-0.3, -0.25) is 0 Å². The maximum absolute atomic E-state index is 11.0. The van der Waals surface area contributed by atoms with Crippen molar-refractivity contribution in [3.05, 3.63) is 38.0 Å². The summed E-state index contributed by atoms with van der Waals surface area (Å²) in [4.78, 5) is 21.8. The second-order valence-electron chi connectivity index (χ2n) is 4.98. The highest BCUT2D eigenvalue weighted by atomic mass is 16.6. The van der Waals surface area contributed by atoms with Crippen LogP contribution in [-0.4, -0.2) is 50.1 Å². The molecule has 0 saturated heterocycles. The molecule has 0 spiro atoms. The Labute approximate surface area is 145 Å². The molecule has 0 N–H and O–H groups in total. The summed E-state index contributed by atoms with van der Waals surface area (Å²) in [6.45, 7) is 18.0. The molecular formula is C18H30O6. The van der Waals surface area contributed by atoms with Gasteiger partial charge in [0.25, 0.3) is 0 Å². The highest BCUT2D eigenvalue weighted by Crippen LogP contribution is 2.01. The first-order valence-electron chi connectivity index (χ1n) is 7.73. The van der Waals surface area contributed by atoms with Crippen molar-refractivity contribution >= 4 is 11.9 Å². The van der Waals surface area contributed by atoms with E-state index < -0.39 is 11.9 Å². The summed E-state index contributed by atoms with van der Waals surface area (Å²) in [6.07, 6.45) is 3.19. The topological polar surface area (TPSA) is 71.1 Å². The fourth-order valence-corrected chi connectivity index (χ4v) is 1.23. The Morgan fingerprint density at radius 3 is 1.71 bits per heavy atom. The van der Waals surface area contributed by atoms with Crippen molar-refractivity contribution in [3.8, 4) is 0 Å². The fourth-order valence-electron chi connectivity index (χ4n) is 1.23. The predicted molar refractivity (Wildman–Crippen MR) is 93.6 cm³/mol. The molecular weight excluding hydrogens is 312 g/mol. The third-order valence-electron chi connectivity index (χ3n) is 2.34. The van der Waals surface area contributed by atoms with E-state index in [1.54, 1.807) is 19.9 Å². The first-order valence-corrected chi connectivity index (χ1v) is 7.73. The first kappa shape index (κ1) is 24.3. The van der Waals surface area contributed by atoms with Crippen molar-refractivity contribution in [1.82, 2.24) is 0 Å². The molecule has 24 heavy (non-hydrogen) atoms. The van der Waals surface area contributed by atoms with E-state index in [0.29, 0.717) is 6.61 Å². The van der Waals surface area contributed by atoms with Gasteiger partial charge in [0.15, 0.2) is 0 Å². The van der Waals surface area contributed by atoms with Crippen LogP contribution in [0.15, 0.2) is 38.0 Å². The van der Waals surface area contributed by atoms with Gasteiger partial charge in [-0.2, -0.15) is 0 Å². The van der Waals surface area contributed by atoms with Gasteiger partial charge < -0.3 is 18.9 Å². The molecule has 3 atom stereocenters. The molecule has 0 radical (unpaired) electrons. The predicted octanol–water partition coefficient (Wildman–Crippen LogP) is 2.84. The Kier molecular flexibility index (Phi) is 16.2. The van der Waals surface area contributed by atoms with Crippen LogP contribution in [0.5, 0.6) is 0 Å². The Hall–Kier alpha value is -1.92. The van der Waals surface area contributed by atoms with Gasteiger partial charge in [0.2, 0.25) is 0 Å². The summed E-state index contributed by atoms with van der Waals surface area (Å²) in [5.74, 6) is -0.958. The van der Waals surface area contributed by atoms with E-state index >= 15 is 0 Å². The van der Waals surface area contributed by atoms with Crippen molar-refractivity contribution in [2.45, 2.75) is 46.0 Å². The van der Waals surface area contributed by atoms with Gasteiger partial charge >= 0.3 is 11.9 Å². The largest absolute Gasteiger partial charge is 0.460 e. The van der Waals surface area contributed by atoms with Crippen molar-refractivity contribution < 1.29 is 28.5 Å². The lowest BCUT2D eigenvalue weighted by atomic mass is 10.4. The second-order valence-corrected chi connectivity index (χ2v) is 4.98. The Morgan fingerprint density at radius 1 is 0.833 bits per heavy atom. The zero-order chi connectivity index (χ0) is 19.0. The summed E-state index contributed by atoms with van der Waals surface area (Å²) in [7, 11) is 0. The minimum Gasteiger partial charge on any atom is -0.460 e. The highest BCUT2D eigenvalue weighted by Gasteiger charge is 2.12. The average Bonchev–Trinajstić information content (AvgIpc) is 2.56. The molecule has 0 aromatic carbocycles. The smallest absolute Gasteiger partial charge is 0.330 e. The number of carbonyl (C=O) groups is 2. The monoisotopic (exact) mass is 342 g/mol. The summed E-state index contributed by atoms with van der Waals surface area (Å²) >= 11 is 0. The van der Waals surface area contributed by atoms with Crippen molar-refractivity contribution in [2.75, 3.05) is 19.8 Å². The second kappa shape index (κ2) is 16.0. The lowest BCUT2D eigenvalue weighted by Gasteiger charge is -2.19. The molecule has 0 saturated carbocycles. The minimum atomic E-state index is -0.479. The number of hydrogen-bond donors (Lipinski definition) is 0. The number of allylic oxidation sites excluding steroid dienone is 1. The van der Waals surface area contributed by atoms with Crippen LogP contribution in [-0.2, 0) is 28.5 Å². The first-order chi connectivity index (χ1) is 11.3. The van der Waals surface area contributed by atoms with E-state index in [1.807, 2.05) is 13.8 Å². The molecule has 0 aliphatic rings. The molecule has 0 bridgehead atoms. The van der Waals surface area contributed by atoms with Gasteiger partial charge in [0.1, 0.15) is 12.7 Å². The zero-order valence-corrected chi connectivity index (χ0v) is 15.2. The molecule has 6 nitrogen and oxygen atoms in total. The molecule has 138 valence electrons. The number of ether oxygens (including phenoxy) is 4. The number of esters is 2. The van der Waals surface area contributed by atoms with Crippen LogP contribution in [0.25, 0.3) is 0 Å². The molecule has 0 aromatic rings. The lowest BCUT2D eigenvalue weighted by molar-refractivity contribution is -0.148. The zero-order valence-electron chi connectivity index (χ0n) is 15.2. The molecule has 3 unspecified atom stereocenters. The molecule has 0 aromatic heterocycles. The number of hydrogen-bond acceptors (Lipinski definition) is 6. The van der Waals surface area contributed by atoms with Crippen molar-refractivity contribution in [1.29, 1.82) is 0 Å². The van der Waals surface area contributed by atoms with Crippen molar-refractivity contribution in [3.63, 3.8) is 0 Å². The summed E-state index contributed by atoms with van der Waals surface area (Å²) in [5, 5.41) is 0. The quantitative estimate of drug-likeness (QED) is 0.327. The van der Waals surface area contributed by atoms with E-state index in [9.17, 15) is 9.59 Å². The highest BCUT2D eigenvalue weighted by molar-refractivity contribution is 5.81. The van der Waals surface area contributed by atoms with Crippen LogP contribution in [0.4, 0.5) is 0 Å². The summed E-state index contributed by atoms with van der Waals surface area (Å²) in [6, 6.07) is 0. The van der Waals surface area contributed by atoms with E-state index in [2.05, 4.69) is 19.7 Å². The SMILES string of the molecule is C=CC.C=CC(=O)OCC(C)OCC(C)OCC(C)OC(=O)C=C. The molecule has 0 fully saturated rings. The van der Waals surface area contributed by atoms with Gasteiger partial charge in [-0.25, -0.2) is 9.59 Å². The van der Waals surface area contributed by atoms with Crippen LogP contribution in [0.2, 0.25) is 0 Å². The van der Waals surface area contributed by atoms with E-state index in [0.717, 1.165) is 12.2 Å². The molecule has 0 amide bonds. The molecule has 0 aliphatic heterocycles. The van der Waals surface area contributed by atoms with Gasteiger partial charge in [-0.05, 0) is 27.7 Å². The Morgan fingerprint density at radius 2 is 1.25 bits per heavy atom. The van der Waals surface area contributed by atoms with E-state index in [4.69, 9.17) is 18.9 Å². The molecule has 6 heteroatoms. The van der Waals surface area contributed by atoms with E-state index in [1.165, 1.54) is 0 Å². The maximum atomic E-state index is 11.0. The Bertz CT molecular complexity index is 391. The average molecular weight is 342 g/mol. The maximum Gasteiger partial charge on any atom is 0.330 e. The number of rotatable bonds is 11. The third-order valence-corrected chi connectivity index (χ3v) is 2.34. The lowest BCUT2D eigenvalue weighted by Crippen LogP contribution is -2.27. The van der Waals surface area contributed by atoms with Gasteiger partial charge in [0.05, 0.1) is 25.4 Å². The van der Waals surface area contributed by atoms with Gasteiger partial charge in [-0.15, -0.1) is 6.58 Å². The van der Waals surface area contributed by atoms with Crippen LogP contribution >= 0.6 is 0 Å². The standard InChI is InChI=1S/C15H24O6.C3H6/c1-6-14(16)20-9-12(4)18-8-11(3)19-10-13(5)21-15(17)7-2;1-3-2/h6-7,11-13H,1-2,8-10H2,3-5H3;3H,1H2,2H3. The van der Waals surface area contributed by atoms with E-state index in [-0.39, 0.29) is 31.5 Å².